The summed E-state index contributed by atoms with van der Waals surface area (Å²) in [5.41, 5.74) is 5.57. The van der Waals surface area contributed by atoms with E-state index < -0.39 is 0 Å². The smallest absolute Gasteiger partial charge is 0.228 e. The van der Waals surface area contributed by atoms with Crippen molar-refractivity contribution in [3.63, 3.8) is 0 Å². The van der Waals surface area contributed by atoms with Gasteiger partial charge in [-0.2, -0.15) is 0 Å². The normalized spacial score (nSPS) is 15.3. The SMILES string of the molecule is COc1cc(Nc2nc(-c3ccc4c(c3)NC(=O)C4)c(Cl)n3ccnc23)ccc1N1CCOCC1. The summed E-state index contributed by atoms with van der Waals surface area (Å²) in [6, 6.07) is 11.7. The van der Waals surface area contributed by atoms with Crippen LogP contribution in [0.1, 0.15) is 5.56 Å². The van der Waals surface area contributed by atoms with Gasteiger partial charge in [-0.1, -0.05) is 23.7 Å². The zero-order chi connectivity index (χ0) is 23.9. The van der Waals surface area contributed by atoms with Gasteiger partial charge in [-0.05, 0) is 23.8 Å². The highest BCUT2D eigenvalue weighted by Gasteiger charge is 2.21. The van der Waals surface area contributed by atoms with E-state index in [-0.39, 0.29) is 5.91 Å². The number of carbonyl (C=O) groups is 1. The lowest BCUT2D eigenvalue weighted by Crippen LogP contribution is -2.36. The second-order valence-electron chi connectivity index (χ2n) is 8.43. The second kappa shape index (κ2) is 8.75. The molecule has 2 aliphatic heterocycles. The Labute approximate surface area is 206 Å². The quantitative estimate of drug-likeness (QED) is 0.434. The molecule has 4 aromatic rings. The number of hydrogen-bond donors (Lipinski definition) is 2. The van der Waals surface area contributed by atoms with Crippen molar-refractivity contribution in [3.05, 3.63) is 59.5 Å². The number of ether oxygens (including phenoxy) is 2. The number of carbonyl (C=O) groups excluding carboxylic acids is 1. The van der Waals surface area contributed by atoms with Crippen molar-refractivity contribution in [1.82, 2.24) is 14.4 Å². The fraction of sp³-hybridized carbons (Fsp3) is 0.240. The van der Waals surface area contributed by atoms with E-state index in [1.165, 1.54) is 0 Å². The highest BCUT2D eigenvalue weighted by Crippen LogP contribution is 2.36. The van der Waals surface area contributed by atoms with Gasteiger partial charge in [0.15, 0.2) is 11.5 Å². The van der Waals surface area contributed by atoms with Gasteiger partial charge in [0.05, 0.1) is 32.4 Å². The molecule has 0 unspecified atom stereocenters. The lowest BCUT2D eigenvalue weighted by atomic mass is 10.1. The molecule has 10 heteroatoms. The van der Waals surface area contributed by atoms with Crippen LogP contribution in [0.2, 0.25) is 5.15 Å². The number of nitrogens with zero attached hydrogens (tertiary/aromatic N) is 4. The van der Waals surface area contributed by atoms with Crippen LogP contribution in [0.4, 0.5) is 22.9 Å². The number of halogens is 1. The largest absolute Gasteiger partial charge is 0.495 e. The molecule has 2 aliphatic rings. The average molecular weight is 491 g/mol. The number of aromatic nitrogens is 3. The predicted molar refractivity (Wildman–Crippen MR) is 135 cm³/mol. The number of imidazole rings is 1. The molecule has 0 saturated carbocycles. The minimum absolute atomic E-state index is 0.0157. The molecule has 9 nitrogen and oxygen atoms in total. The number of benzene rings is 2. The van der Waals surface area contributed by atoms with Gasteiger partial charge in [0, 0.05) is 48.5 Å². The van der Waals surface area contributed by atoms with Gasteiger partial charge in [0.25, 0.3) is 0 Å². The first-order valence-electron chi connectivity index (χ1n) is 11.3. The summed E-state index contributed by atoms with van der Waals surface area (Å²) in [7, 11) is 1.67. The van der Waals surface area contributed by atoms with Crippen LogP contribution in [0.5, 0.6) is 5.75 Å². The Balaban J connectivity index is 1.38. The van der Waals surface area contributed by atoms with E-state index in [1.807, 2.05) is 36.4 Å². The minimum Gasteiger partial charge on any atom is -0.495 e. The molecular formula is C25H23ClN6O3. The predicted octanol–water partition coefficient (Wildman–Crippen LogP) is 4.13. The third-order valence-electron chi connectivity index (χ3n) is 6.29. The average Bonchev–Trinajstić information content (AvgIpc) is 3.52. The maximum Gasteiger partial charge on any atom is 0.228 e. The van der Waals surface area contributed by atoms with Crippen molar-refractivity contribution < 1.29 is 14.3 Å². The molecule has 1 amide bonds. The molecule has 0 atom stereocenters. The van der Waals surface area contributed by atoms with Crippen LogP contribution < -0.4 is 20.3 Å². The highest BCUT2D eigenvalue weighted by atomic mass is 35.5. The first-order chi connectivity index (χ1) is 17.1. The van der Waals surface area contributed by atoms with E-state index >= 15 is 0 Å². The maximum atomic E-state index is 11.8. The summed E-state index contributed by atoms with van der Waals surface area (Å²) in [5.74, 6) is 1.30. The van der Waals surface area contributed by atoms with Crippen molar-refractivity contribution in [2.45, 2.75) is 6.42 Å². The molecule has 0 spiro atoms. The highest BCUT2D eigenvalue weighted by molar-refractivity contribution is 6.32. The van der Waals surface area contributed by atoms with Crippen LogP contribution in [-0.4, -0.2) is 53.7 Å². The molecule has 1 saturated heterocycles. The third-order valence-corrected chi connectivity index (χ3v) is 6.65. The summed E-state index contributed by atoms with van der Waals surface area (Å²) >= 11 is 6.74. The van der Waals surface area contributed by atoms with E-state index in [2.05, 4.69) is 20.5 Å². The minimum atomic E-state index is -0.0157. The van der Waals surface area contributed by atoms with E-state index in [1.54, 1.807) is 23.9 Å². The molecule has 0 bridgehead atoms. The fourth-order valence-corrected chi connectivity index (χ4v) is 4.83. The summed E-state index contributed by atoms with van der Waals surface area (Å²) in [6.07, 6.45) is 3.86. The Hall–Kier alpha value is -3.82. The molecule has 6 rings (SSSR count). The van der Waals surface area contributed by atoms with Crippen molar-refractivity contribution in [2.24, 2.45) is 0 Å². The van der Waals surface area contributed by atoms with Gasteiger partial charge in [-0.15, -0.1) is 0 Å². The Kier molecular flexibility index (Phi) is 5.43. The van der Waals surface area contributed by atoms with Crippen LogP contribution >= 0.6 is 11.6 Å². The van der Waals surface area contributed by atoms with Gasteiger partial charge in [-0.3, -0.25) is 9.20 Å². The number of methoxy groups -OCH3 is 1. The number of fused-ring (bicyclic) bond motifs is 2. The number of rotatable bonds is 5. The summed E-state index contributed by atoms with van der Waals surface area (Å²) in [4.78, 5) is 23.3. The first kappa shape index (κ1) is 21.7. The summed E-state index contributed by atoms with van der Waals surface area (Å²) in [6.45, 7) is 3.04. The maximum absolute atomic E-state index is 11.8. The molecule has 178 valence electrons. The van der Waals surface area contributed by atoms with Crippen LogP contribution in [0, 0.1) is 0 Å². The monoisotopic (exact) mass is 490 g/mol. The van der Waals surface area contributed by atoms with Crippen molar-refractivity contribution in [1.29, 1.82) is 0 Å². The zero-order valence-corrected chi connectivity index (χ0v) is 19.8. The van der Waals surface area contributed by atoms with Crippen molar-refractivity contribution in [2.75, 3.05) is 48.9 Å². The lowest BCUT2D eigenvalue weighted by molar-refractivity contribution is -0.115. The molecule has 2 aromatic heterocycles. The van der Waals surface area contributed by atoms with Gasteiger partial charge in [0.1, 0.15) is 16.6 Å². The van der Waals surface area contributed by atoms with Crippen LogP contribution in [0.25, 0.3) is 16.9 Å². The van der Waals surface area contributed by atoms with Crippen LogP contribution in [0.15, 0.2) is 48.8 Å². The number of hydrogen-bond acceptors (Lipinski definition) is 7. The van der Waals surface area contributed by atoms with Crippen molar-refractivity contribution in [3.8, 4) is 17.0 Å². The molecule has 0 radical (unpaired) electrons. The standard InChI is InChI=1S/C25H23ClN6O3/c1-34-20-14-17(4-5-19(20)31-8-10-35-11-9-31)28-24-25-27-6-7-32(25)23(26)22(30-24)16-3-2-15-13-21(33)29-18(15)12-16/h2-7,12,14H,8-11,13H2,1H3,(H,28,30)(H,29,33). The van der Waals surface area contributed by atoms with Gasteiger partial charge in [0.2, 0.25) is 5.91 Å². The summed E-state index contributed by atoms with van der Waals surface area (Å²) < 4.78 is 13.0. The fourth-order valence-electron chi connectivity index (χ4n) is 4.55. The molecule has 4 heterocycles. The van der Waals surface area contributed by atoms with Crippen LogP contribution in [0.3, 0.4) is 0 Å². The third kappa shape index (κ3) is 3.92. The topological polar surface area (TPSA) is 93.0 Å². The number of amides is 1. The van der Waals surface area contributed by atoms with Gasteiger partial charge in [-0.25, -0.2) is 9.97 Å². The Morgan fingerprint density at radius 2 is 2.03 bits per heavy atom. The van der Waals surface area contributed by atoms with E-state index in [9.17, 15) is 4.79 Å². The number of nitrogens with one attached hydrogen (secondary N) is 2. The Bertz CT molecular complexity index is 1450. The Morgan fingerprint density at radius 1 is 1.17 bits per heavy atom. The summed E-state index contributed by atoms with van der Waals surface area (Å²) in [5, 5.41) is 6.71. The zero-order valence-electron chi connectivity index (χ0n) is 19.0. The first-order valence-corrected chi connectivity index (χ1v) is 11.7. The molecule has 2 N–H and O–H groups in total. The van der Waals surface area contributed by atoms with Crippen LogP contribution in [-0.2, 0) is 16.0 Å². The van der Waals surface area contributed by atoms with Gasteiger partial charge >= 0.3 is 0 Å². The molecule has 0 aliphatic carbocycles. The number of anilines is 4. The van der Waals surface area contributed by atoms with E-state index in [0.29, 0.717) is 41.9 Å². The molecular weight excluding hydrogens is 468 g/mol. The van der Waals surface area contributed by atoms with E-state index in [4.69, 9.17) is 26.1 Å². The Morgan fingerprint density at radius 3 is 2.86 bits per heavy atom. The lowest BCUT2D eigenvalue weighted by Gasteiger charge is -2.30. The second-order valence-corrected chi connectivity index (χ2v) is 8.79. The molecule has 2 aromatic carbocycles. The van der Waals surface area contributed by atoms with E-state index in [0.717, 1.165) is 47.0 Å². The van der Waals surface area contributed by atoms with Gasteiger partial charge < -0.3 is 25.0 Å². The number of morpholine rings is 1. The molecule has 35 heavy (non-hydrogen) atoms. The van der Waals surface area contributed by atoms with Crippen molar-refractivity contribution >= 4 is 46.0 Å². The molecule has 1 fully saturated rings.